The van der Waals surface area contributed by atoms with Crippen molar-refractivity contribution in [2.75, 3.05) is 13.1 Å². The van der Waals surface area contributed by atoms with Crippen molar-refractivity contribution in [3.63, 3.8) is 0 Å². The summed E-state index contributed by atoms with van der Waals surface area (Å²) in [6.45, 7) is 12.4. The van der Waals surface area contributed by atoms with Gasteiger partial charge in [-0.3, -0.25) is 4.90 Å². The molecule has 104 valence electrons. The lowest BCUT2D eigenvalue weighted by atomic mass is 10.1. The van der Waals surface area contributed by atoms with E-state index >= 15 is 0 Å². The fourth-order valence-electron chi connectivity index (χ4n) is 2.33. The number of nitrogens with one attached hydrogen (secondary N) is 1. The van der Waals surface area contributed by atoms with Gasteiger partial charge in [-0.1, -0.05) is 43.3 Å². The van der Waals surface area contributed by atoms with Gasteiger partial charge in [0.2, 0.25) is 0 Å². The molecule has 1 fully saturated rings. The molecule has 0 saturated heterocycles. The molecule has 0 aromatic heterocycles. The molecule has 0 radical (unpaired) electrons. The van der Waals surface area contributed by atoms with E-state index in [1.54, 1.807) is 0 Å². The van der Waals surface area contributed by atoms with Crippen LogP contribution in [-0.4, -0.2) is 24.0 Å². The van der Waals surface area contributed by atoms with Crippen molar-refractivity contribution in [1.82, 2.24) is 10.2 Å². The Bertz CT molecular complexity index is 421. The molecular weight excluding hydrogens is 232 g/mol. The van der Waals surface area contributed by atoms with Gasteiger partial charge in [0.1, 0.15) is 0 Å². The second-order valence-corrected chi connectivity index (χ2v) is 5.68. The van der Waals surface area contributed by atoms with Crippen LogP contribution in [0, 0.1) is 0 Å². The van der Waals surface area contributed by atoms with Crippen molar-refractivity contribution in [1.29, 1.82) is 0 Å². The van der Waals surface area contributed by atoms with Crippen LogP contribution in [0.4, 0.5) is 0 Å². The molecule has 2 nitrogen and oxygen atoms in total. The fraction of sp³-hybridized carbons (Fsp3) is 0.529. The van der Waals surface area contributed by atoms with E-state index in [4.69, 9.17) is 0 Å². The summed E-state index contributed by atoms with van der Waals surface area (Å²) < 4.78 is 0. The van der Waals surface area contributed by atoms with Gasteiger partial charge in [-0.05, 0) is 37.4 Å². The lowest BCUT2D eigenvalue weighted by Crippen LogP contribution is -2.26. The largest absolute Gasteiger partial charge is 0.310 e. The third kappa shape index (κ3) is 4.81. The smallest absolute Gasteiger partial charge is 0.0240 e. The Morgan fingerprint density at radius 1 is 1.32 bits per heavy atom. The van der Waals surface area contributed by atoms with Crippen molar-refractivity contribution in [2.24, 2.45) is 0 Å². The van der Waals surface area contributed by atoms with E-state index in [-0.39, 0.29) is 0 Å². The molecule has 1 saturated carbocycles. The predicted molar refractivity (Wildman–Crippen MR) is 82.1 cm³/mol. The van der Waals surface area contributed by atoms with Gasteiger partial charge in [-0.15, -0.1) is 0 Å². The van der Waals surface area contributed by atoms with Crippen LogP contribution in [0.1, 0.15) is 37.8 Å². The van der Waals surface area contributed by atoms with Crippen molar-refractivity contribution in [3.8, 4) is 0 Å². The van der Waals surface area contributed by atoms with Crippen molar-refractivity contribution in [2.45, 2.75) is 45.8 Å². The maximum atomic E-state index is 4.02. The molecule has 2 rings (SSSR count). The summed E-state index contributed by atoms with van der Waals surface area (Å²) >= 11 is 0. The third-order valence-corrected chi connectivity index (χ3v) is 3.61. The Balaban J connectivity index is 1.98. The van der Waals surface area contributed by atoms with Crippen LogP contribution in [0.5, 0.6) is 0 Å². The van der Waals surface area contributed by atoms with Gasteiger partial charge in [0.05, 0.1) is 0 Å². The Labute approximate surface area is 117 Å². The molecule has 0 heterocycles. The van der Waals surface area contributed by atoms with Crippen molar-refractivity contribution >= 4 is 0 Å². The van der Waals surface area contributed by atoms with E-state index in [0.29, 0.717) is 0 Å². The van der Waals surface area contributed by atoms with Gasteiger partial charge in [-0.2, -0.15) is 0 Å². The SMILES string of the molecule is C=C(C)CN(CC)Cc1ccccc1CNC1CC1. The molecule has 1 aromatic carbocycles. The van der Waals surface area contributed by atoms with Crippen LogP contribution >= 0.6 is 0 Å². The molecule has 0 atom stereocenters. The maximum Gasteiger partial charge on any atom is 0.0240 e. The molecule has 1 N–H and O–H groups in total. The highest BCUT2D eigenvalue weighted by Crippen LogP contribution is 2.20. The fourth-order valence-corrected chi connectivity index (χ4v) is 2.33. The average molecular weight is 258 g/mol. The number of hydrogen-bond donors (Lipinski definition) is 1. The first-order chi connectivity index (χ1) is 9.19. The number of likely N-dealkylation sites (N-methyl/N-ethyl adjacent to an activating group) is 1. The van der Waals surface area contributed by atoms with Crippen LogP contribution in [0.25, 0.3) is 0 Å². The van der Waals surface area contributed by atoms with Crippen LogP contribution in [0.2, 0.25) is 0 Å². The standard InChI is InChI=1S/C17H26N2/c1-4-19(12-14(2)3)13-16-8-6-5-7-15(16)11-18-17-9-10-17/h5-8,17-18H,2,4,9-13H2,1,3H3. The molecule has 0 aliphatic heterocycles. The zero-order valence-corrected chi connectivity index (χ0v) is 12.3. The Morgan fingerprint density at radius 2 is 2.00 bits per heavy atom. The molecule has 1 aliphatic carbocycles. The molecule has 1 aromatic rings. The van der Waals surface area contributed by atoms with Gasteiger partial charge in [-0.25, -0.2) is 0 Å². The minimum absolute atomic E-state index is 0.769. The van der Waals surface area contributed by atoms with E-state index in [9.17, 15) is 0 Å². The van der Waals surface area contributed by atoms with Gasteiger partial charge >= 0.3 is 0 Å². The minimum Gasteiger partial charge on any atom is -0.310 e. The predicted octanol–water partition coefficient (Wildman–Crippen LogP) is 3.34. The number of rotatable bonds is 8. The Hall–Kier alpha value is -1.12. The summed E-state index contributed by atoms with van der Waals surface area (Å²) in [7, 11) is 0. The third-order valence-electron chi connectivity index (χ3n) is 3.61. The number of benzene rings is 1. The van der Waals surface area contributed by atoms with Gasteiger partial charge in [0.25, 0.3) is 0 Å². The molecule has 2 heteroatoms. The van der Waals surface area contributed by atoms with E-state index < -0.39 is 0 Å². The second kappa shape index (κ2) is 6.88. The van der Waals surface area contributed by atoms with Gasteiger partial charge in [0.15, 0.2) is 0 Å². The van der Waals surface area contributed by atoms with Crippen molar-refractivity contribution in [3.05, 3.63) is 47.5 Å². The summed E-state index contributed by atoms with van der Waals surface area (Å²) in [5.74, 6) is 0. The normalized spacial score (nSPS) is 14.9. The summed E-state index contributed by atoms with van der Waals surface area (Å²) in [6, 6.07) is 9.56. The monoisotopic (exact) mass is 258 g/mol. The lowest BCUT2D eigenvalue weighted by molar-refractivity contribution is 0.303. The molecule has 19 heavy (non-hydrogen) atoms. The van der Waals surface area contributed by atoms with E-state index in [1.807, 2.05) is 0 Å². The Kier molecular flexibility index (Phi) is 5.17. The van der Waals surface area contributed by atoms with Crippen LogP contribution in [0.15, 0.2) is 36.4 Å². The Morgan fingerprint density at radius 3 is 2.58 bits per heavy atom. The van der Waals surface area contributed by atoms with Gasteiger partial charge < -0.3 is 5.32 Å². The highest BCUT2D eigenvalue weighted by molar-refractivity contribution is 5.27. The van der Waals surface area contributed by atoms with E-state index in [0.717, 1.165) is 32.2 Å². The zero-order valence-electron chi connectivity index (χ0n) is 12.3. The van der Waals surface area contributed by atoms with E-state index in [2.05, 4.69) is 54.9 Å². The van der Waals surface area contributed by atoms with Crippen LogP contribution in [0.3, 0.4) is 0 Å². The summed E-state index contributed by atoms with van der Waals surface area (Å²) in [4.78, 5) is 2.44. The molecule has 1 aliphatic rings. The summed E-state index contributed by atoms with van der Waals surface area (Å²) in [6.07, 6.45) is 2.69. The summed E-state index contributed by atoms with van der Waals surface area (Å²) in [5.41, 5.74) is 4.11. The van der Waals surface area contributed by atoms with Crippen LogP contribution in [-0.2, 0) is 13.1 Å². The average Bonchev–Trinajstić information content (AvgIpc) is 3.20. The van der Waals surface area contributed by atoms with Gasteiger partial charge in [0, 0.05) is 25.7 Å². The second-order valence-electron chi connectivity index (χ2n) is 5.68. The minimum atomic E-state index is 0.769. The summed E-state index contributed by atoms with van der Waals surface area (Å²) in [5, 5.41) is 3.61. The molecule has 0 spiro atoms. The quantitative estimate of drug-likeness (QED) is 0.719. The molecular formula is C17H26N2. The number of nitrogens with zero attached hydrogens (tertiary/aromatic N) is 1. The maximum absolute atomic E-state index is 4.02. The molecule has 0 bridgehead atoms. The first-order valence-corrected chi connectivity index (χ1v) is 7.36. The van der Waals surface area contributed by atoms with Crippen molar-refractivity contribution < 1.29 is 0 Å². The van der Waals surface area contributed by atoms with E-state index in [1.165, 1.54) is 29.5 Å². The molecule has 0 unspecified atom stereocenters. The first-order valence-electron chi connectivity index (χ1n) is 7.36. The highest BCUT2D eigenvalue weighted by atomic mass is 15.1. The highest BCUT2D eigenvalue weighted by Gasteiger charge is 2.20. The number of hydrogen-bond acceptors (Lipinski definition) is 2. The van der Waals surface area contributed by atoms with Crippen LogP contribution < -0.4 is 5.32 Å². The topological polar surface area (TPSA) is 15.3 Å². The zero-order chi connectivity index (χ0) is 13.7. The molecule has 0 amide bonds. The lowest BCUT2D eigenvalue weighted by Gasteiger charge is -2.22. The first kappa shape index (κ1) is 14.3.